The van der Waals surface area contributed by atoms with Gasteiger partial charge in [-0.05, 0) is 17.7 Å². The molecule has 6 heteroatoms. The van der Waals surface area contributed by atoms with Gasteiger partial charge < -0.3 is 5.11 Å². The van der Waals surface area contributed by atoms with Crippen LogP contribution in [0.15, 0.2) is 48.5 Å². The minimum atomic E-state index is -3.60. The van der Waals surface area contributed by atoms with E-state index in [9.17, 15) is 13.5 Å². The van der Waals surface area contributed by atoms with Gasteiger partial charge in [0.25, 0.3) is 0 Å². The molecule has 2 aromatic carbocycles. The van der Waals surface area contributed by atoms with Crippen LogP contribution in [-0.2, 0) is 15.8 Å². The number of benzene rings is 2. The maximum absolute atomic E-state index is 12.0. The summed E-state index contributed by atoms with van der Waals surface area (Å²) in [7, 11) is -3.60. The second kappa shape index (κ2) is 5.50. The van der Waals surface area contributed by atoms with Crippen molar-refractivity contribution in [2.24, 2.45) is 0 Å². The van der Waals surface area contributed by atoms with Crippen LogP contribution >= 0.6 is 11.6 Å². The van der Waals surface area contributed by atoms with E-state index in [0.29, 0.717) is 5.56 Å². The quantitative estimate of drug-likeness (QED) is 0.853. The zero-order valence-corrected chi connectivity index (χ0v) is 11.4. The molecule has 0 atom stereocenters. The maximum Gasteiger partial charge on any atom is 0.237 e. The molecule has 2 rings (SSSR count). The molecule has 4 nitrogen and oxygen atoms in total. The molecule has 2 aromatic rings. The van der Waals surface area contributed by atoms with Gasteiger partial charge in [-0.25, -0.2) is 8.42 Å². The molecule has 0 amide bonds. The molecule has 100 valence electrons. The number of hydrogen-bond donors (Lipinski definition) is 2. The lowest BCUT2D eigenvalue weighted by Gasteiger charge is -2.10. The Bertz CT molecular complexity index is 672. The highest BCUT2D eigenvalue weighted by molar-refractivity contribution is 7.91. The van der Waals surface area contributed by atoms with E-state index in [1.54, 1.807) is 30.3 Å². The number of anilines is 1. The van der Waals surface area contributed by atoms with Crippen molar-refractivity contribution in [3.05, 3.63) is 59.1 Å². The van der Waals surface area contributed by atoms with E-state index in [4.69, 9.17) is 11.6 Å². The van der Waals surface area contributed by atoms with E-state index in [1.807, 2.05) is 6.07 Å². The summed E-state index contributed by atoms with van der Waals surface area (Å²) in [5.41, 5.74) is 0.736. The molecule has 0 bridgehead atoms. The molecular weight excluding hydrogens is 286 g/mol. The summed E-state index contributed by atoms with van der Waals surface area (Å²) in [5.74, 6) is -0.444. The first-order valence-electron chi connectivity index (χ1n) is 5.50. The third-order valence-corrected chi connectivity index (χ3v) is 4.00. The first-order valence-corrected chi connectivity index (χ1v) is 7.53. The van der Waals surface area contributed by atoms with E-state index in [1.165, 1.54) is 12.1 Å². The molecule has 0 spiro atoms. The van der Waals surface area contributed by atoms with Gasteiger partial charge in [0.05, 0.1) is 16.5 Å². The Morgan fingerprint density at radius 3 is 2.42 bits per heavy atom. The van der Waals surface area contributed by atoms with Gasteiger partial charge >= 0.3 is 0 Å². The van der Waals surface area contributed by atoms with Gasteiger partial charge in [0.1, 0.15) is 0 Å². The third-order valence-electron chi connectivity index (χ3n) is 2.45. The lowest BCUT2D eigenvalue weighted by Crippen LogP contribution is -2.15. The molecule has 19 heavy (non-hydrogen) atoms. The summed E-state index contributed by atoms with van der Waals surface area (Å²) in [6.45, 7) is 0. The monoisotopic (exact) mass is 297 g/mol. The summed E-state index contributed by atoms with van der Waals surface area (Å²) in [6.07, 6.45) is 0. The van der Waals surface area contributed by atoms with Crippen molar-refractivity contribution >= 4 is 27.3 Å². The number of phenolic OH excluding ortho intramolecular Hbond substituents is 1. The van der Waals surface area contributed by atoms with Crippen molar-refractivity contribution in [3.8, 4) is 5.75 Å². The molecule has 0 radical (unpaired) electrons. The van der Waals surface area contributed by atoms with Crippen molar-refractivity contribution in [2.75, 3.05) is 4.72 Å². The summed E-state index contributed by atoms with van der Waals surface area (Å²) >= 11 is 5.72. The largest absolute Gasteiger partial charge is 0.504 e. The average molecular weight is 298 g/mol. The van der Waals surface area contributed by atoms with E-state index < -0.39 is 10.0 Å². The minimum absolute atomic E-state index is 0.0726. The Kier molecular flexibility index (Phi) is 3.97. The van der Waals surface area contributed by atoms with Crippen LogP contribution in [0.2, 0.25) is 5.02 Å². The minimum Gasteiger partial charge on any atom is -0.504 e. The molecule has 0 unspecified atom stereocenters. The highest BCUT2D eigenvalue weighted by atomic mass is 35.5. The van der Waals surface area contributed by atoms with Crippen LogP contribution in [0.25, 0.3) is 0 Å². The molecule has 0 saturated carbocycles. The fourth-order valence-electron chi connectivity index (χ4n) is 1.59. The van der Waals surface area contributed by atoms with Crippen LogP contribution in [0.4, 0.5) is 5.69 Å². The second-order valence-electron chi connectivity index (χ2n) is 3.98. The van der Waals surface area contributed by atoms with Gasteiger partial charge in [-0.2, -0.15) is 0 Å². The van der Waals surface area contributed by atoms with Gasteiger partial charge in [-0.3, -0.25) is 4.72 Å². The molecule has 2 N–H and O–H groups in total. The first-order chi connectivity index (χ1) is 8.98. The van der Waals surface area contributed by atoms with Crippen LogP contribution in [0.5, 0.6) is 5.75 Å². The van der Waals surface area contributed by atoms with Gasteiger partial charge in [-0.1, -0.05) is 48.0 Å². The number of phenols is 1. The molecule has 0 saturated heterocycles. The fraction of sp³-hybridized carbons (Fsp3) is 0.0769. The van der Waals surface area contributed by atoms with Gasteiger partial charge in [0, 0.05) is 0 Å². The zero-order chi connectivity index (χ0) is 13.9. The summed E-state index contributed by atoms with van der Waals surface area (Å²) in [6, 6.07) is 13.3. The number of aromatic hydroxyl groups is 1. The average Bonchev–Trinajstić information content (AvgIpc) is 2.35. The SMILES string of the molecule is O=S(=O)(Cc1ccccc1)Nc1cccc(Cl)c1O. The highest BCUT2D eigenvalue weighted by Gasteiger charge is 2.14. The van der Waals surface area contributed by atoms with E-state index in [-0.39, 0.29) is 22.2 Å². The lowest BCUT2D eigenvalue weighted by molar-refractivity contribution is 0.478. The predicted octanol–water partition coefficient (Wildman–Crippen LogP) is 2.99. The number of halogens is 1. The third kappa shape index (κ3) is 3.62. The van der Waals surface area contributed by atoms with E-state index >= 15 is 0 Å². The normalized spacial score (nSPS) is 11.2. The number of para-hydroxylation sites is 1. The number of rotatable bonds is 4. The smallest absolute Gasteiger partial charge is 0.237 e. The molecule has 0 fully saturated rings. The number of hydrogen-bond acceptors (Lipinski definition) is 3. The van der Waals surface area contributed by atoms with Gasteiger partial charge in [0.15, 0.2) is 5.75 Å². The van der Waals surface area contributed by atoms with Crippen LogP contribution in [-0.4, -0.2) is 13.5 Å². The Labute approximate surface area is 116 Å². The van der Waals surface area contributed by atoms with Crippen molar-refractivity contribution in [2.45, 2.75) is 5.75 Å². The molecule has 0 aliphatic carbocycles. The Balaban J connectivity index is 2.20. The molecule has 0 heterocycles. The van der Waals surface area contributed by atoms with Crippen LogP contribution < -0.4 is 4.72 Å². The Hall–Kier alpha value is -1.72. The molecule has 0 aliphatic heterocycles. The molecule has 0 aliphatic rings. The van der Waals surface area contributed by atoms with Crippen molar-refractivity contribution in [3.63, 3.8) is 0 Å². The van der Waals surface area contributed by atoms with Crippen LogP contribution in [0.3, 0.4) is 0 Å². The van der Waals surface area contributed by atoms with E-state index in [0.717, 1.165) is 0 Å². The van der Waals surface area contributed by atoms with Gasteiger partial charge in [-0.15, -0.1) is 0 Å². The fourth-order valence-corrected chi connectivity index (χ4v) is 2.97. The van der Waals surface area contributed by atoms with Crippen LogP contribution in [0.1, 0.15) is 5.56 Å². The Morgan fingerprint density at radius 1 is 1.05 bits per heavy atom. The Morgan fingerprint density at radius 2 is 1.74 bits per heavy atom. The molecule has 0 aromatic heterocycles. The summed E-state index contributed by atoms with van der Waals surface area (Å²) in [5, 5.41) is 9.77. The van der Waals surface area contributed by atoms with Crippen molar-refractivity contribution < 1.29 is 13.5 Å². The summed E-state index contributed by atoms with van der Waals surface area (Å²) in [4.78, 5) is 0. The van der Waals surface area contributed by atoms with Crippen molar-refractivity contribution in [1.29, 1.82) is 0 Å². The standard InChI is InChI=1S/C13H12ClNO3S/c14-11-7-4-8-12(13(11)16)15-19(17,18)9-10-5-2-1-3-6-10/h1-8,15-16H,9H2. The lowest BCUT2D eigenvalue weighted by atomic mass is 10.2. The van der Waals surface area contributed by atoms with E-state index in [2.05, 4.69) is 4.72 Å². The van der Waals surface area contributed by atoms with Gasteiger partial charge in [0.2, 0.25) is 10.0 Å². The second-order valence-corrected chi connectivity index (χ2v) is 6.11. The highest BCUT2D eigenvalue weighted by Crippen LogP contribution is 2.32. The van der Waals surface area contributed by atoms with Crippen LogP contribution in [0, 0.1) is 0 Å². The molecular formula is C13H12ClNO3S. The maximum atomic E-state index is 12.0. The summed E-state index contributed by atoms with van der Waals surface area (Å²) < 4.78 is 26.2. The number of nitrogens with one attached hydrogen (secondary N) is 1. The first kappa shape index (κ1) is 13.7. The topological polar surface area (TPSA) is 66.4 Å². The predicted molar refractivity (Wildman–Crippen MR) is 75.8 cm³/mol. The van der Waals surface area contributed by atoms with Crippen molar-refractivity contribution in [1.82, 2.24) is 0 Å². The zero-order valence-electron chi connectivity index (χ0n) is 9.88. The number of sulfonamides is 1.